The molecule has 0 N–H and O–H groups in total. The smallest absolute Gasteiger partial charge is 0.333 e. The van der Waals surface area contributed by atoms with Crippen molar-refractivity contribution < 1.29 is 4.74 Å². The van der Waals surface area contributed by atoms with E-state index < -0.39 is 0 Å². The summed E-state index contributed by atoms with van der Waals surface area (Å²) < 4.78 is 9.38. The fourth-order valence-corrected chi connectivity index (χ4v) is 9.73. The predicted octanol–water partition coefficient (Wildman–Crippen LogP) is 9.78. The van der Waals surface area contributed by atoms with E-state index >= 15 is 0 Å². The van der Waals surface area contributed by atoms with Gasteiger partial charge in [-0.15, -0.1) is 0 Å². The highest BCUT2D eigenvalue weighted by Crippen LogP contribution is 2.59. The average molecular weight is 599 g/mol. The van der Waals surface area contributed by atoms with Gasteiger partial charge in [0.15, 0.2) is 11.5 Å². The molecule has 8 aromatic rings. The van der Waals surface area contributed by atoms with Crippen LogP contribution in [0.25, 0.3) is 54.8 Å². The Kier molecular flexibility index (Phi) is 4.15. The van der Waals surface area contributed by atoms with E-state index in [4.69, 9.17) is 4.74 Å². The second-order valence-electron chi connectivity index (χ2n) is 14.0. The maximum atomic E-state index is 6.69. The number of hydrogen-bond donors (Lipinski definition) is 0. The van der Waals surface area contributed by atoms with Crippen molar-refractivity contribution in [3.05, 3.63) is 139 Å². The van der Waals surface area contributed by atoms with E-state index in [2.05, 4.69) is 151 Å². The van der Waals surface area contributed by atoms with Gasteiger partial charge in [-0.05, 0) is 68.4 Å². The van der Waals surface area contributed by atoms with Crippen LogP contribution >= 0.6 is 0 Å². The van der Waals surface area contributed by atoms with Gasteiger partial charge in [-0.1, -0.05) is 117 Å². The average Bonchev–Trinajstić information content (AvgIpc) is 3.57. The number of hydrogen-bond acceptors (Lipinski definition) is 2. The molecule has 0 unspecified atom stereocenters. The summed E-state index contributed by atoms with van der Waals surface area (Å²) in [4.78, 5) is 2.50. The highest BCUT2D eigenvalue weighted by atomic mass is 16.5. The second kappa shape index (κ2) is 7.97. The molecular weight excluding hydrogens is 571 g/mol. The van der Waals surface area contributed by atoms with E-state index in [1.54, 1.807) is 0 Å². The largest absolute Gasteiger partial charge is 0.453 e. The van der Waals surface area contributed by atoms with Crippen molar-refractivity contribution in [2.45, 2.75) is 19.3 Å². The molecule has 3 nitrogen and oxygen atoms in total. The van der Waals surface area contributed by atoms with Crippen LogP contribution in [0.1, 0.15) is 25.0 Å². The Morgan fingerprint density at radius 3 is 2.30 bits per heavy atom. The number of aromatic nitrogens is 1. The summed E-state index contributed by atoms with van der Waals surface area (Å²) in [7, 11) is 0. The van der Waals surface area contributed by atoms with E-state index in [1.165, 1.54) is 82.6 Å². The van der Waals surface area contributed by atoms with Crippen molar-refractivity contribution in [2.24, 2.45) is 0 Å². The molecule has 0 radical (unpaired) electrons. The number of nitrogens with zero attached hydrogens (tertiary/aromatic N) is 2. The SMILES string of the molecule is CC1(C)c2ccccc2-c2cc3c4c(c21)-c1cccc2c5ccc6ccccc6c5n(c12)B4c1cccc2c1N3c1ccccc1O2. The molecule has 4 heterocycles. The maximum Gasteiger partial charge on any atom is 0.333 e. The van der Waals surface area contributed by atoms with E-state index in [0.717, 1.165) is 22.9 Å². The van der Waals surface area contributed by atoms with Gasteiger partial charge in [-0.2, -0.15) is 0 Å². The van der Waals surface area contributed by atoms with Crippen molar-refractivity contribution in [1.29, 1.82) is 0 Å². The number of para-hydroxylation sites is 4. The Balaban J connectivity index is 1.35. The molecule has 1 aromatic heterocycles. The maximum absolute atomic E-state index is 6.69. The minimum absolute atomic E-state index is 0.0226. The molecule has 1 aliphatic carbocycles. The van der Waals surface area contributed by atoms with Crippen LogP contribution in [-0.4, -0.2) is 11.3 Å². The van der Waals surface area contributed by atoms with Crippen LogP contribution in [0.5, 0.6) is 11.5 Å². The molecule has 0 amide bonds. The number of benzene rings is 7. The fourth-order valence-electron chi connectivity index (χ4n) is 9.73. The van der Waals surface area contributed by atoms with Gasteiger partial charge in [-0.25, -0.2) is 0 Å². The summed E-state index contributed by atoms with van der Waals surface area (Å²) in [6.07, 6.45) is 0. The second-order valence-corrected chi connectivity index (χ2v) is 14.0. The van der Waals surface area contributed by atoms with Gasteiger partial charge in [-0.3, -0.25) is 0 Å². The molecule has 0 saturated carbocycles. The molecule has 4 aliphatic rings. The van der Waals surface area contributed by atoms with Gasteiger partial charge < -0.3 is 14.1 Å². The van der Waals surface area contributed by atoms with Crippen LogP contribution in [-0.2, 0) is 5.41 Å². The first-order valence-electron chi connectivity index (χ1n) is 16.6. The molecule has 218 valence electrons. The molecule has 0 fully saturated rings. The fraction of sp³-hybridized carbons (Fsp3) is 0.0698. The van der Waals surface area contributed by atoms with Crippen molar-refractivity contribution in [2.75, 3.05) is 4.90 Å². The minimum atomic E-state index is -0.158. The van der Waals surface area contributed by atoms with E-state index in [1.807, 2.05) is 0 Å². The Bertz CT molecular complexity index is 2770. The van der Waals surface area contributed by atoms with Crippen molar-refractivity contribution in [3.8, 4) is 33.8 Å². The molecule has 3 aliphatic heterocycles. The number of rotatable bonds is 0. The first-order chi connectivity index (χ1) is 23.1. The highest BCUT2D eigenvalue weighted by molar-refractivity contribution is 6.90. The van der Waals surface area contributed by atoms with Crippen molar-refractivity contribution >= 4 is 67.4 Å². The summed E-state index contributed by atoms with van der Waals surface area (Å²) in [6, 6.07) is 47.2. The summed E-state index contributed by atoms with van der Waals surface area (Å²) in [6.45, 7) is 4.82. The minimum Gasteiger partial charge on any atom is -0.453 e. The van der Waals surface area contributed by atoms with E-state index in [9.17, 15) is 0 Å². The Morgan fingerprint density at radius 1 is 0.596 bits per heavy atom. The van der Waals surface area contributed by atoms with Gasteiger partial charge in [0.1, 0.15) is 0 Å². The van der Waals surface area contributed by atoms with Crippen LogP contribution in [0.3, 0.4) is 0 Å². The summed E-state index contributed by atoms with van der Waals surface area (Å²) >= 11 is 0. The number of anilines is 3. The normalized spacial score (nSPS) is 15.3. The lowest BCUT2D eigenvalue weighted by atomic mass is 9.44. The quantitative estimate of drug-likeness (QED) is 0.162. The lowest BCUT2D eigenvalue weighted by molar-refractivity contribution is 0.477. The lowest BCUT2D eigenvalue weighted by Crippen LogP contribution is -2.57. The first kappa shape index (κ1) is 24.5. The van der Waals surface area contributed by atoms with Gasteiger partial charge in [0.2, 0.25) is 0 Å². The third-order valence-corrected chi connectivity index (χ3v) is 11.5. The van der Waals surface area contributed by atoms with Crippen LogP contribution in [0.2, 0.25) is 0 Å². The molecule has 4 heteroatoms. The Hall–Kier alpha value is -5.74. The van der Waals surface area contributed by atoms with E-state index in [0.29, 0.717) is 0 Å². The predicted molar refractivity (Wildman–Crippen MR) is 195 cm³/mol. The van der Waals surface area contributed by atoms with Crippen LogP contribution in [0, 0.1) is 0 Å². The topological polar surface area (TPSA) is 17.4 Å². The van der Waals surface area contributed by atoms with Gasteiger partial charge in [0, 0.05) is 43.9 Å². The number of ether oxygens (including phenoxy) is 1. The van der Waals surface area contributed by atoms with E-state index in [-0.39, 0.29) is 12.3 Å². The van der Waals surface area contributed by atoms with Crippen LogP contribution < -0.4 is 20.6 Å². The lowest BCUT2D eigenvalue weighted by Gasteiger charge is -2.44. The molecule has 7 aromatic carbocycles. The molecule has 0 saturated heterocycles. The van der Waals surface area contributed by atoms with Crippen LogP contribution in [0.15, 0.2) is 127 Å². The van der Waals surface area contributed by atoms with Crippen LogP contribution in [0.4, 0.5) is 17.1 Å². The molecule has 0 atom stereocenters. The monoisotopic (exact) mass is 598 g/mol. The molecular formula is C43H27BN2O. The van der Waals surface area contributed by atoms with Crippen molar-refractivity contribution in [1.82, 2.24) is 4.48 Å². The third-order valence-electron chi connectivity index (χ3n) is 11.5. The molecule has 12 rings (SSSR count). The summed E-state index contributed by atoms with van der Waals surface area (Å²) in [5.41, 5.74) is 16.9. The zero-order chi connectivity index (χ0) is 30.8. The zero-order valence-corrected chi connectivity index (χ0v) is 26.0. The summed E-state index contributed by atoms with van der Waals surface area (Å²) in [5.74, 6) is 1.80. The Labute approximate surface area is 272 Å². The van der Waals surface area contributed by atoms with Gasteiger partial charge in [0.05, 0.1) is 11.4 Å². The van der Waals surface area contributed by atoms with Gasteiger partial charge in [0.25, 0.3) is 0 Å². The van der Waals surface area contributed by atoms with Gasteiger partial charge >= 0.3 is 6.85 Å². The molecule has 0 spiro atoms. The third kappa shape index (κ3) is 2.68. The molecule has 0 bridgehead atoms. The molecule has 47 heavy (non-hydrogen) atoms. The zero-order valence-electron chi connectivity index (χ0n) is 26.0. The summed E-state index contributed by atoms with van der Waals surface area (Å²) in [5, 5.41) is 5.18. The van der Waals surface area contributed by atoms with Crippen molar-refractivity contribution in [3.63, 3.8) is 0 Å². The highest BCUT2D eigenvalue weighted by Gasteiger charge is 2.49. The Morgan fingerprint density at radius 2 is 1.34 bits per heavy atom. The number of fused-ring (bicyclic) bond motifs is 15. The standard InChI is InChI=1S/C43H27BN2O/c1-43(2)31-16-6-5-13-26(31)30-23-34-39-37(38(30)43)29-15-9-14-27-28-22-21-24-11-3-4-12-25(24)40(28)46(41(27)29)44(39)32-17-10-20-36-42(32)45(34)33-18-7-8-19-35(33)47-36/h3-23H,1-2H3. The first-order valence-corrected chi connectivity index (χ1v) is 16.6.